The van der Waals surface area contributed by atoms with E-state index >= 15 is 0 Å². The van der Waals surface area contributed by atoms with Crippen LogP contribution >= 0.6 is 23.5 Å². The van der Waals surface area contributed by atoms with Crippen molar-refractivity contribution in [2.45, 2.75) is 24.6 Å². The van der Waals surface area contributed by atoms with E-state index < -0.39 is 0 Å². The Labute approximate surface area is 88.8 Å². The highest BCUT2D eigenvalue weighted by atomic mass is 32.2. The zero-order valence-electron chi connectivity index (χ0n) is 7.95. The van der Waals surface area contributed by atoms with Gasteiger partial charge in [0.25, 0.3) is 0 Å². The van der Waals surface area contributed by atoms with Crippen molar-refractivity contribution in [3.8, 4) is 6.07 Å². The van der Waals surface area contributed by atoms with Gasteiger partial charge in [-0.1, -0.05) is 0 Å². The first kappa shape index (κ1) is 11.2. The molecule has 0 aromatic carbocycles. The van der Waals surface area contributed by atoms with Gasteiger partial charge in [0.15, 0.2) is 0 Å². The summed E-state index contributed by atoms with van der Waals surface area (Å²) in [5, 5.41) is 12.6. The first-order valence-corrected chi connectivity index (χ1v) is 6.83. The Balaban J connectivity index is 2.07. The Hall–Kier alpha value is 0.150. The summed E-state index contributed by atoms with van der Waals surface area (Å²) >= 11 is 4.10. The second kappa shape index (κ2) is 6.58. The number of nitrogens with zero attached hydrogens (tertiary/aromatic N) is 1. The zero-order valence-corrected chi connectivity index (χ0v) is 9.59. The Morgan fingerprint density at radius 3 is 3.08 bits per heavy atom. The first-order valence-electron chi connectivity index (χ1n) is 4.62. The molecule has 4 heteroatoms. The molecular formula is C9H16N2S2. The van der Waals surface area contributed by atoms with E-state index in [1.807, 2.05) is 11.8 Å². The predicted molar refractivity (Wildman–Crippen MR) is 61.3 cm³/mol. The minimum Gasteiger partial charge on any atom is -0.312 e. The molecule has 1 aliphatic heterocycles. The van der Waals surface area contributed by atoms with Gasteiger partial charge in [-0.15, -0.1) is 0 Å². The fourth-order valence-corrected chi connectivity index (χ4v) is 3.82. The van der Waals surface area contributed by atoms with Crippen molar-refractivity contribution < 1.29 is 0 Å². The minimum absolute atomic E-state index is 0.345. The second-order valence-electron chi connectivity index (χ2n) is 3.24. The van der Waals surface area contributed by atoms with Crippen molar-refractivity contribution in [1.82, 2.24) is 5.32 Å². The zero-order chi connectivity index (χ0) is 9.52. The number of hydrogen-bond acceptors (Lipinski definition) is 4. The number of hydrogen-bond donors (Lipinski definition) is 1. The summed E-state index contributed by atoms with van der Waals surface area (Å²) in [5.41, 5.74) is 0. The van der Waals surface area contributed by atoms with E-state index in [9.17, 15) is 0 Å². The van der Waals surface area contributed by atoms with Crippen LogP contribution in [0.15, 0.2) is 0 Å². The van der Waals surface area contributed by atoms with E-state index in [-0.39, 0.29) is 0 Å². The number of nitrogens with one attached hydrogen (secondary N) is 1. The molecule has 0 saturated carbocycles. The predicted octanol–water partition coefficient (Wildman–Crippen LogP) is 1.73. The van der Waals surface area contributed by atoms with Gasteiger partial charge in [0.2, 0.25) is 0 Å². The quantitative estimate of drug-likeness (QED) is 0.776. The summed E-state index contributed by atoms with van der Waals surface area (Å²) in [7, 11) is 0. The standard InChI is InChI=1S/C9H16N2S2/c1-8(2-3-10)11-6-9-7-12-4-5-13-9/h8-9,11H,2,4-7H2,1H3. The van der Waals surface area contributed by atoms with Crippen molar-refractivity contribution in [1.29, 1.82) is 5.26 Å². The van der Waals surface area contributed by atoms with Crippen molar-refractivity contribution in [3.05, 3.63) is 0 Å². The normalized spacial score (nSPS) is 25.1. The van der Waals surface area contributed by atoms with Crippen LogP contribution in [0.2, 0.25) is 0 Å². The van der Waals surface area contributed by atoms with Gasteiger partial charge >= 0.3 is 0 Å². The molecule has 0 aliphatic carbocycles. The topological polar surface area (TPSA) is 35.8 Å². The van der Waals surface area contributed by atoms with Crippen molar-refractivity contribution in [2.75, 3.05) is 23.8 Å². The van der Waals surface area contributed by atoms with Crippen LogP contribution in [0.25, 0.3) is 0 Å². The Morgan fingerprint density at radius 2 is 2.46 bits per heavy atom. The van der Waals surface area contributed by atoms with Gasteiger partial charge in [-0.3, -0.25) is 0 Å². The molecular weight excluding hydrogens is 200 g/mol. The highest BCUT2D eigenvalue weighted by molar-refractivity contribution is 8.06. The third kappa shape index (κ3) is 4.80. The van der Waals surface area contributed by atoms with E-state index in [4.69, 9.17) is 5.26 Å². The number of rotatable bonds is 4. The van der Waals surface area contributed by atoms with Crippen molar-refractivity contribution in [3.63, 3.8) is 0 Å². The van der Waals surface area contributed by atoms with Crippen molar-refractivity contribution in [2.24, 2.45) is 0 Å². The van der Waals surface area contributed by atoms with Crippen LogP contribution in [0.4, 0.5) is 0 Å². The van der Waals surface area contributed by atoms with Gasteiger partial charge in [-0.2, -0.15) is 28.8 Å². The SMILES string of the molecule is CC(CC#N)NCC1CSCCS1. The molecule has 2 nitrogen and oxygen atoms in total. The van der Waals surface area contributed by atoms with Gasteiger partial charge in [-0.25, -0.2) is 0 Å². The lowest BCUT2D eigenvalue weighted by Crippen LogP contribution is -2.34. The van der Waals surface area contributed by atoms with Crippen LogP contribution in [0.5, 0.6) is 0 Å². The van der Waals surface area contributed by atoms with E-state index in [2.05, 4.69) is 30.1 Å². The molecule has 0 bridgehead atoms. The molecule has 0 radical (unpaired) electrons. The number of thioether (sulfide) groups is 2. The van der Waals surface area contributed by atoms with E-state index in [0.717, 1.165) is 11.8 Å². The van der Waals surface area contributed by atoms with Gasteiger partial charge in [-0.05, 0) is 6.92 Å². The smallest absolute Gasteiger partial charge is 0.0638 e. The van der Waals surface area contributed by atoms with Crippen LogP contribution in [-0.2, 0) is 0 Å². The molecule has 0 aromatic rings. The fourth-order valence-electron chi connectivity index (χ4n) is 1.20. The third-order valence-electron chi connectivity index (χ3n) is 1.98. The summed E-state index contributed by atoms with van der Waals surface area (Å²) in [4.78, 5) is 0. The van der Waals surface area contributed by atoms with E-state index in [1.165, 1.54) is 17.3 Å². The molecule has 0 amide bonds. The maximum Gasteiger partial charge on any atom is 0.0638 e. The minimum atomic E-state index is 0.345. The van der Waals surface area contributed by atoms with Crippen LogP contribution < -0.4 is 5.32 Å². The van der Waals surface area contributed by atoms with Crippen LogP contribution in [0.1, 0.15) is 13.3 Å². The van der Waals surface area contributed by atoms with Gasteiger partial charge in [0, 0.05) is 35.1 Å². The highest BCUT2D eigenvalue weighted by Crippen LogP contribution is 2.23. The maximum atomic E-state index is 8.47. The maximum absolute atomic E-state index is 8.47. The molecule has 1 aliphatic rings. The molecule has 2 unspecified atom stereocenters. The summed E-state index contributed by atoms with van der Waals surface area (Å²) in [6, 6.07) is 2.53. The lowest BCUT2D eigenvalue weighted by molar-refractivity contribution is 0.560. The van der Waals surface area contributed by atoms with Gasteiger partial charge < -0.3 is 5.32 Å². The lowest BCUT2D eigenvalue weighted by atomic mass is 10.2. The molecule has 1 fully saturated rings. The summed E-state index contributed by atoms with van der Waals surface area (Å²) in [5.74, 6) is 3.84. The monoisotopic (exact) mass is 216 g/mol. The number of nitriles is 1. The van der Waals surface area contributed by atoms with E-state index in [1.54, 1.807) is 0 Å². The van der Waals surface area contributed by atoms with Crippen LogP contribution in [-0.4, -0.2) is 35.1 Å². The summed E-state index contributed by atoms with van der Waals surface area (Å²) < 4.78 is 0. The summed E-state index contributed by atoms with van der Waals surface area (Å²) in [6.45, 7) is 3.13. The fraction of sp³-hybridized carbons (Fsp3) is 0.889. The summed E-state index contributed by atoms with van der Waals surface area (Å²) in [6.07, 6.45) is 0.616. The molecule has 13 heavy (non-hydrogen) atoms. The lowest BCUT2D eigenvalue weighted by Gasteiger charge is -2.22. The third-order valence-corrected chi connectivity index (χ3v) is 4.82. The average molecular weight is 216 g/mol. The molecule has 1 N–H and O–H groups in total. The van der Waals surface area contributed by atoms with Gasteiger partial charge in [0.1, 0.15) is 0 Å². The molecule has 1 heterocycles. The van der Waals surface area contributed by atoms with E-state index in [0.29, 0.717) is 12.5 Å². The first-order chi connectivity index (χ1) is 6.33. The molecule has 0 aromatic heterocycles. The average Bonchev–Trinajstić information content (AvgIpc) is 2.17. The molecule has 1 rings (SSSR count). The molecule has 2 atom stereocenters. The van der Waals surface area contributed by atoms with Crippen LogP contribution in [0, 0.1) is 11.3 Å². The van der Waals surface area contributed by atoms with Crippen LogP contribution in [0.3, 0.4) is 0 Å². The molecule has 1 saturated heterocycles. The van der Waals surface area contributed by atoms with Gasteiger partial charge in [0.05, 0.1) is 12.5 Å². The Kier molecular flexibility index (Phi) is 5.68. The largest absolute Gasteiger partial charge is 0.312 e. The Morgan fingerprint density at radius 1 is 1.62 bits per heavy atom. The highest BCUT2D eigenvalue weighted by Gasteiger charge is 2.14. The van der Waals surface area contributed by atoms with Crippen molar-refractivity contribution >= 4 is 23.5 Å². The molecule has 0 spiro atoms. The Bertz CT molecular complexity index is 173. The molecule has 74 valence electrons. The second-order valence-corrected chi connectivity index (χ2v) is 5.80.